The lowest BCUT2D eigenvalue weighted by Gasteiger charge is -2.23. The Hall–Kier alpha value is -1.74. The number of ether oxygens (including phenoxy) is 1. The predicted octanol–water partition coefficient (Wildman–Crippen LogP) is 1.58. The van der Waals surface area contributed by atoms with Crippen molar-refractivity contribution in [2.75, 3.05) is 17.9 Å². The Kier molecular flexibility index (Phi) is 4.43. The maximum atomic E-state index is 13.2. The number of carbonyl (C=O) groups is 1. The number of nitrogens with one attached hydrogen (secondary N) is 1. The van der Waals surface area contributed by atoms with Crippen LogP contribution in [0.1, 0.15) is 23.2 Å². The van der Waals surface area contributed by atoms with E-state index in [2.05, 4.69) is 0 Å². The van der Waals surface area contributed by atoms with Crippen LogP contribution in [0.5, 0.6) is 0 Å². The maximum Gasteiger partial charge on any atom is 0.337 e. The van der Waals surface area contributed by atoms with E-state index in [1.807, 2.05) is 4.72 Å². The molecule has 0 spiro atoms. The van der Waals surface area contributed by atoms with Gasteiger partial charge in [-0.3, -0.25) is 4.72 Å². The van der Waals surface area contributed by atoms with Gasteiger partial charge in [0.2, 0.25) is 10.0 Å². The molecule has 1 aliphatic rings. The highest BCUT2D eigenvalue weighted by Crippen LogP contribution is 2.24. The first-order valence-corrected chi connectivity index (χ1v) is 7.67. The van der Waals surface area contributed by atoms with Crippen molar-refractivity contribution in [3.8, 4) is 0 Å². The van der Waals surface area contributed by atoms with Crippen LogP contribution in [0.15, 0.2) is 12.1 Å². The van der Waals surface area contributed by atoms with Crippen LogP contribution in [-0.4, -0.2) is 38.0 Å². The summed E-state index contributed by atoms with van der Waals surface area (Å²) in [6.45, 7) is 0.546. The summed E-state index contributed by atoms with van der Waals surface area (Å²) in [5.41, 5.74) is -1.14. The van der Waals surface area contributed by atoms with Crippen LogP contribution in [-0.2, 0) is 14.8 Å². The lowest BCUT2D eigenvalue weighted by Crippen LogP contribution is -2.33. The molecule has 0 amide bonds. The monoisotopic (exact) mass is 321 g/mol. The topological polar surface area (TPSA) is 92.7 Å². The highest BCUT2D eigenvalue weighted by atomic mass is 32.2. The van der Waals surface area contributed by atoms with Crippen molar-refractivity contribution < 1.29 is 31.8 Å². The largest absolute Gasteiger partial charge is 0.478 e. The van der Waals surface area contributed by atoms with Crippen LogP contribution >= 0.6 is 0 Å². The molecule has 0 aliphatic carbocycles. The zero-order valence-corrected chi connectivity index (χ0v) is 11.6. The number of rotatable bonds is 4. The fourth-order valence-electron chi connectivity index (χ4n) is 2.03. The molecule has 1 aromatic rings. The number of carboxylic acids is 1. The van der Waals surface area contributed by atoms with Gasteiger partial charge in [-0.25, -0.2) is 22.0 Å². The number of sulfonamides is 1. The van der Waals surface area contributed by atoms with Crippen LogP contribution in [0.4, 0.5) is 14.5 Å². The first-order valence-electron chi connectivity index (χ1n) is 6.13. The third-order valence-electron chi connectivity index (χ3n) is 3.15. The average molecular weight is 321 g/mol. The van der Waals surface area contributed by atoms with Crippen LogP contribution < -0.4 is 4.72 Å². The van der Waals surface area contributed by atoms with E-state index in [-0.39, 0.29) is 26.1 Å². The molecule has 1 aliphatic heterocycles. The van der Waals surface area contributed by atoms with Gasteiger partial charge in [-0.15, -0.1) is 0 Å². The van der Waals surface area contributed by atoms with Crippen molar-refractivity contribution in [1.29, 1.82) is 0 Å². The van der Waals surface area contributed by atoms with E-state index in [9.17, 15) is 22.0 Å². The second kappa shape index (κ2) is 5.94. The van der Waals surface area contributed by atoms with E-state index in [4.69, 9.17) is 9.84 Å². The normalized spacial score (nSPS) is 16.7. The Labute approximate surface area is 119 Å². The summed E-state index contributed by atoms with van der Waals surface area (Å²) in [4.78, 5) is 11.0. The van der Waals surface area contributed by atoms with Crippen molar-refractivity contribution >= 4 is 21.7 Å². The molecule has 0 atom stereocenters. The van der Waals surface area contributed by atoms with E-state index < -0.39 is 44.1 Å². The Balaban J connectivity index is 2.33. The van der Waals surface area contributed by atoms with Gasteiger partial charge in [0, 0.05) is 19.3 Å². The van der Waals surface area contributed by atoms with Gasteiger partial charge < -0.3 is 9.84 Å². The molecule has 21 heavy (non-hydrogen) atoms. The maximum absolute atomic E-state index is 13.2. The van der Waals surface area contributed by atoms with Crippen LogP contribution in [0.25, 0.3) is 0 Å². The Bertz CT molecular complexity index is 656. The van der Waals surface area contributed by atoms with Gasteiger partial charge in [0.15, 0.2) is 11.6 Å². The number of hydrogen-bond acceptors (Lipinski definition) is 4. The van der Waals surface area contributed by atoms with E-state index in [1.54, 1.807) is 0 Å². The smallest absolute Gasteiger partial charge is 0.337 e. The zero-order chi connectivity index (χ0) is 15.6. The molecule has 0 saturated carbocycles. The van der Waals surface area contributed by atoms with E-state index in [1.165, 1.54) is 0 Å². The summed E-state index contributed by atoms with van der Waals surface area (Å²) in [5.74, 6) is -4.25. The lowest BCUT2D eigenvalue weighted by molar-refractivity contribution is 0.0697. The van der Waals surface area contributed by atoms with Crippen molar-refractivity contribution in [2.45, 2.75) is 18.1 Å². The second-order valence-corrected chi connectivity index (χ2v) is 6.54. The van der Waals surface area contributed by atoms with Crippen molar-refractivity contribution in [3.05, 3.63) is 29.3 Å². The van der Waals surface area contributed by atoms with Gasteiger partial charge in [-0.2, -0.15) is 0 Å². The third kappa shape index (κ3) is 3.48. The number of hydrogen-bond donors (Lipinski definition) is 2. The van der Waals surface area contributed by atoms with Crippen LogP contribution in [0, 0.1) is 11.6 Å². The van der Waals surface area contributed by atoms with Crippen molar-refractivity contribution in [1.82, 2.24) is 0 Å². The summed E-state index contributed by atoms with van der Waals surface area (Å²) < 4.78 is 57.7. The minimum atomic E-state index is -3.90. The van der Waals surface area contributed by atoms with Crippen molar-refractivity contribution in [2.24, 2.45) is 0 Å². The van der Waals surface area contributed by atoms with Gasteiger partial charge >= 0.3 is 5.97 Å². The minimum absolute atomic E-state index is 0.251. The highest BCUT2D eigenvalue weighted by Gasteiger charge is 2.29. The van der Waals surface area contributed by atoms with Gasteiger partial charge in [0.25, 0.3) is 0 Å². The number of anilines is 1. The van der Waals surface area contributed by atoms with Crippen LogP contribution in [0.2, 0.25) is 0 Å². The predicted molar refractivity (Wildman–Crippen MR) is 69.7 cm³/mol. The molecule has 6 nitrogen and oxygen atoms in total. The van der Waals surface area contributed by atoms with Gasteiger partial charge in [-0.05, 0) is 18.9 Å². The van der Waals surface area contributed by atoms with E-state index >= 15 is 0 Å². The molecule has 0 aromatic heterocycles. The summed E-state index contributed by atoms with van der Waals surface area (Å²) in [7, 11) is -3.90. The molecule has 1 saturated heterocycles. The molecule has 1 aromatic carbocycles. The van der Waals surface area contributed by atoms with E-state index in [0.29, 0.717) is 12.1 Å². The Morgan fingerprint density at radius 3 is 2.38 bits per heavy atom. The number of benzene rings is 1. The SMILES string of the molecule is O=C(O)c1cc(F)c(F)cc1NS(=O)(=O)C1CCOCC1. The molecule has 0 bridgehead atoms. The average Bonchev–Trinajstić information content (AvgIpc) is 2.43. The fourth-order valence-corrected chi connectivity index (χ4v) is 3.49. The number of aromatic carboxylic acids is 1. The van der Waals surface area contributed by atoms with Crippen LogP contribution in [0.3, 0.4) is 0 Å². The Morgan fingerprint density at radius 2 is 1.81 bits per heavy atom. The molecule has 1 heterocycles. The quantitative estimate of drug-likeness (QED) is 0.878. The van der Waals surface area contributed by atoms with Gasteiger partial charge in [-0.1, -0.05) is 0 Å². The molecule has 1 fully saturated rings. The molecular weight excluding hydrogens is 308 g/mol. The second-order valence-electron chi connectivity index (χ2n) is 4.58. The summed E-state index contributed by atoms with van der Waals surface area (Å²) in [5, 5.41) is 8.18. The third-order valence-corrected chi connectivity index (χ3v) is 5.00. The summed E-state index contributed by atoms with van der Waals surface area (Å²) in [6.07, 6.45) is 0.503. The molecule has 0 radical (unpaired) electrons. The summed E-state index contributed by atoms with van der Waals surface area (Å²) in [6, 6.07) is 0.967. The number of halogens is 2. The fraction of sp³-hybridized carbons (Fsp3) is 0.417. The van der Waals surface area contributed by atoms with Crippen molar-refractivity contribution in [3.63, 3.8) is 0 Å². The molecule has 2 rings (SSSR count). The molecule has 9 heteroatoms. The zero-order valence-electron chi connectivity index (χ0n) is 10.8. The molecule has 116 valence electrons. The minimum Gasteiger partial charge on any atom is -0.478 e. The molecular formula is C12H13F2NO5S. The van der Waals surface area contributed by atoms with E-state index in [0.717, 1.165) is 0 Å². The first-order chi connectivity index (χ1) is 9.81. The number of carboxylic acid groups (broad SMARTS) is 1. The highest BCUT2D eigenvalue weighted by molar-refractivity contribution is 7.93. The van der Waals surface area contributed by atoms with Gasteiger partial charge in [0.05, 0.1) is 16.5 Å². The first kappa shape index (κ1) is 15.6. The Morgan fingerprint density at radius 1 is 1.24 bits per heavy atom. The standard InChI is InChI=1S/C12H13F2NO5S/c13-9-5-8(12(16)17)11(6-10(9)14)15-21(18,19)7-1-3-20-4-2-7/h5-7,15H,1-4H2,(H,16,17). The molecule has 0 unspecified atom stereocenters. The molecule has 2 N–H and O–H groups in total. The van der Waals surface area contributed by atoms with Gasteiger partial charge in [0.1, 0.15) is 0 Å². The lowest BCUT2D eigenvalue weighted by atomic mass is 10.2. The summed E-state index contributed by atoms with van der Waals surface area (Å²) >= 11 is 0.